The van der Waals surface area contributed by atoms with Gasteiger partial charge in [0.05, 0.1) is 24.6 Å². The van der Waals surface area contributed by atoms with Gasteiger partial charge in [-0.1, -0.05) is 36.4 Å². The van der Waals surface area contributed by atoms with Gasteiger partial charge in [-0.05, 0) is 42.5 Å². The van der Waals surface area contributed by atoms with E-state index in [4.69, 9.17) is 21.1 Å². The Bertz CT molecular complexity index is 1100. The fourth-order valence-corrected chi connectivity index (χ4v) is 5.34. The van der Waals surface area contributed by atoms with E-state index in [1.165, 1.54) is 13.2 Å². The van der Waals surface area contributed by atoms with Crippen LogP contribution in [0.1, 0.15) is 36.4 Å². The first-order valence-corrected chi connectivity index (χ1v) is 11.2. The molecule has 3 aliphatic rings. The molecule has 0 radical (unpaired) electrons. The number of amides is 1. The van der Waals surface area contributed by atoms with Gasteiger partial charge in [0.1, 0.15) is 6.10 Å². The molecule has 5 rings (SSSR count). The van der Waals surface area contributed by atoms with Crippen molar-refractivity contribution in [3.05, 3.63) is 71.0 Å². The number of hydrogen-bond acceptors (Lipinski definition) is 5. The maximum atomic E-state index is 13.7. The van der Waals surface area contributed by atoms with E-state index in [0.29, 0.717) is 30.5 Å². The number of phenols is 1. The molecular weight excluding hydrogens is 430 g/mol. The first-order valence-electron chi connectivity index (χ1n) is 10.8. The summed E-state index contributed by atoms with van der Waals surface area (Å²) in [7, 11) is 1.47. The average molecular weight is 454 g/mol. The van der Waals surface area contributed by atoms with Crippen LogP contribution in [0.4, 0.5) is 0 Å². The van der Waals surface area contributed by atoms with Crippen molar-refractivity contribution in [3.8, 4) is 11.5 Å². The molecule has 2 aliphatic heterocycles. The molecule has 0 spiro atoms. The van der Waals surface area contributed by atoms with Crippen LogP contribution in [0.2, 0.25) is 0 Å². The van der Waals surface area contributed by atoms with Crippen LogP contribution >= 0.6 is 11.6 Å². The molecule has 1 fully saturated rings. The summed E-state index contributed by atoms with van der Waals surface area (Å²) < 4.78 is 11.5. The van der Waals surface area contributed by atoms with Crippen LogP contribution in [0.15, 0.2) is 59.9 Å². The number of carbonyl (C=O) groups excluding carboxylic acids is 2. The van der Waals surface area contributed by atoms with Crippen molar-refractivity contribution in [1.82, 2.24) is 4.90 Å². The minimum Gasteiger partial charge on any atom is -0.504 e. The normalized spacial score (nSPS) is 27.1. The number of ketones is 1. The molecule has 2 aromatic carbocycles. The number of carbonyl (C=O) groups is 2. The van der Waals surface area contributed by atoms with Gasteiger partial charge in [0.25, 0.3) is 5.91 Å². The second-order valence-electron chi connectivity index (χ2n) is 8.53. The van der Waals surface area contributed by atoms with Crippen molar-refractivity contribution in [1.29, 1.82) is 0 Å². The fourth-order valence-electron chi connectivity index (χ4n) is 5.02. The highest BCUT2D eigenvalue weighted by Gasteiger charge is 2.52. The summed E-state index contributed by atoms with van der Waals surface area (Å²) in [4.78, 5) is 28.9. The highest BCUT2D eigenvalue weighted by Crippen LogP contribution is 2.48. The predicted octanol–water partition coefficient (Wildman–Crippen LogP) is 4.11. The van der Waals surface area contributed by atoms with Crippen LogP contribution in [0.5, 0.6) is 11.5 Å². The molecular formula is C25H24ClNO5. The van der Waals surface area contributed by atoms with E-state index in [-0.39, 0.29) is 46.3 Å². The molecule has 4 atom stereocenters. The van der Waals surface area contributed by atoms with Gasteiger partial charge in [0.2, 0.25) is 0 Å². The Labute approximate surface area is 191 Å². The Hall–Kier alpha value is -2.99. The molecule has 0 aromatic heterocycles. The molecule has 1 saturated carbocycles. The Morgan fingerprint density at radius 3 is 2.69 bits per heavy atom. The Morgan fingerprint density at radius 1 is 1.16 bits per heavy atom. The summed E-state index contributed by atoms with van der Waals surface area (Å²) in [6.45, 7) is 0.324. The minimum atomic E-state index is -0.628. The van der Waals surface area contributed by atoms with Crippen LogP contribution in [-0.4, -0.2) is 40.3 Å². The molecule has 2 heterocycles. The summed E-state index contributed by atoms with van der Waals surface area (Å²) in [5, 5.41) is 10.0. The monoisotopic (exact) mass is 453 g/mol. The van der Waals surface area contributed by atoms with E-state index in [9.17, 15) is 14.7 Å². The first-order chi connectivity index (χ1) is 15.5. The van der Waals surface area contributed by atoms with Crippen LogP contribution in [0.3, 0.4) is 0 Å². The zero-order chi connectivity index (χ0) is 22.4. The van der Waals surface area contributed by atoms with Crippen molar-refractivity contribution < 1.29 is 24.2 Å². The molecule has 1 amide bonds. The smallest absolute Gasteiger partial charge is 0.290 e. The zero-order valence-corrected chi connectivity index (χ0v) is 18.4. The molecule has 1 N–H and O–H groups in total. The van der Waals surface area contributed by atoms with Crippen molar-refractivity contribution >= 4 is 23.3 Å². The van der Waals surface area contributed by atoms with Crippen LogP contribution in [0, 0.1) is 5.92 Å². The quantitative estimate of drug-likeness (QED) is 0.705. The number of rotatable bonds is 4. The number of methoxy groups -OCH3 is 1. The molecule has 0 bridgehead atoms. The van der Waals surface area contributed by atoms with Crippen LogP contribution < -0.4 is 4.74 Å². The average Bonchev–Trinajstić information content (AvgIpc) is 3.07. The van der Waals surface area contributed by atoms with Gasteiger partial charge in [-0.25, -0.2) is 0 Å². The van der Waals surface area contributed by atoms with Gasteiger partial charge < -0.3 is 19.5 Å². The lowest BCUT2D eigenvalue weighted by Gasteiger charge is -2.37. The molecule has 166 valence electrons. The van der Waals surface area contributed by atoms with Crippen molar-refractivity contribution in [2.24, 2.45) is 5.92 Å². The van der Waals surface area contributed by atoms with E-state index < -0.39 is 6.04 Å². The molecule has 32 heavy (non-hydrogen) atoms. The third kappa shape index (κ3) is 3.43. The molecule has 7 heteroatoms. The maximum absolute atomic E-state index is 13.7. The van der Waals surface area contributed by atoms with E-state index in [1.54, 1.807) is 17.0 Å². The van der Waals surface area contributed by atoms with Gasteiger partial charge >= 0.3 is 0 Å². The van der Waals surface area contributed by atoms with Crippen molar-refractivity contribution in [2.75, 3.05) is 7.11 Å². The summed E-state index contributed by atoms with van der Waals surface area (Å²) >= 11 is 6.37. The van der Waals surface area contributed by atoms with Gasteiger partial charge in [-0.2, -0.15) is 0 Å². The van der Waals surface area contributed by atoms with E-state index in [1.807, 2.05) is 30.3 Å². The van der Waals surface area contributed by atoms with Gasteiger partial charge in [-0.3, -0.25) is 9.59 Å². The Morgan fingerprint density at radius 2 is 1.94 bits per heavy atom. The maximum Gasteiger partial charge on any atom is 0.290 e. The number of halogens is 1. The van der Waals surface area contributed by atoms with Crippen LogP contribution in [-0.2, 0) is 20.9 Å². The fraction of sp³-hybridized carbons (Fsp3) is 0.360. The molecule has 2 aromatic rings. The molecule has 0 saturated heterocycles. The van der Waals surface area contributed by atoms with Crippen LogP contribution in [0.25, 0.3) is 0 Å². The van der Waals surface area contributed by atoms with E-state index in [0.717, 1.165) is 12.0 Å². The first kappa shape index (κ1) is 20.9. The number of alkyl halides is 1. The van der Waals surface area contributed by atoms with Gasteiger partial charge in [0.15, 0.2) is 23.0 Å². The van der Waals surface area contributed by atoms with Crippen molar-refractivity contribution in [2.45, 2.75) is 43.3 Å². The summed E-state index contributed by atoms with van der Waals surface area (Å²) in [6, 6.07) is 13.9. The second kappa shape index (κ2) is 8.17. The number of nitrogens with zero attached hydrogens (tertiary/aromatic N) is 1. The van der Waals surface area contributed by atoms with E-state index >= 15 is 0 Å². The standard InChI is InChI=1S/C25H24ClNO5/c1-31-20-11-15(7-9-18(20)28)22-21-23(29)17-12-16(26)8-10-19(17)32-24(21)25(30)27(22)13-14-5-3-2-4-6-14/h2-7,9,11,16-17,19,22,28H,8,10,12-13H2,1H3. The Balaban J connectivity index is 1.60. The number of aromatic hydroxyl groups is 1. The highest BCUT2D eigenvalue weighted by molar-refractivity contribution is 6.21. The minimum absolute atomic E-state index is 0.00654. The summed E-state index contributed by atoms with van der Waals surface area (Å²) in [5.41, 5.74) is 2.01. The molecule has 1 aliphatic carbocycles. The number of Topliss-reactive ketones (excluding diaryl/α,β-unsaturated/α-hetero) is 1. The number of phenolic OH excluding ortho intramolecular Hbond substituents is 1. The summed E-state index contributed by atoms with van der Waals surface area (Å²) in [5.74, 6) is -0.284. The lowest BCUT2D eigenvalue weighted by atomic mass is 9.77. The largest absolute Gasteiger partial charge is 0.504 e. The molecule has 4 unspecified atom stereocenters. The van der Waals surface area contributed by atoms with Crippen molar-refractivity contribution in [3.63, 3.8) is 0 Å². The third-order valence-corrected chi connectivity index (χ3v) is 6.99. The number of ether oxygens (including phenoxy) is 2. The number of fused-ring (bicyclic) bond motifs is 1. The highest BCUT2D eigenvalue weighted by atomic mass is 35.5. The predicted molar refractivity (Wildman–Crippen MR) is 118 cm³/mol. The van der Waals surface area contributed by atoms with Gasteiger partial charge in [-0.15, -0.1) is 11.6 Å². The third-order valence-electron chi connectivity index (χ3n) is 6.59. The summed E-state index contributed by atoms with van der Waals surface area (Å²) in [6.07, 6.45) is 1.65. The Kier molecular flexibility index (Phi) is 5.33. The zero-order valence-electron chi connectivity index (χ0n) is 17.7. The number of benzene rings is 2. The lowest BCUT2D eigenvalue weighted by Crippen LogP contribution is -2.41. The van der Waals surface area contributed by atoms with Gasteiger partial charge in [0, 0.05) is 11.9 Å². The lowest BCUT2D eigenvalue weighted by molar-refractivity contribution is -0.135. The van der Waals surface area contributed by atoms with E-state index in [2.05, 4.69) is 0 Å². The second-order valence-corrected chi connectivity index (χ2v) is 9.15. The SMILES string of the molecule is COc1cc(C2C3=C(OC4CCC(Cl)CC4C3=O)C(=O)N2Cc2ccccc2)ccc1O. The topological polar surface area (TPSA) is 76.1 Å². The number of hydrogen-bond donors (Lipinski definition) is 1. The molecule has 6 nitrogen and oxygen atoms in total.